The summed E-state index contributed by atoms with van der Waals surface area (Å²) in [6.07, 6.45) is 4.57. The second kappa shape index (κ2) is 5.93. The highest BCUT2D eigenvalue weighted by atomic mass is 79.9. The van der Waals surface area contributed by atoms with E-state index < -0.39 is 0 Å². The number of hydrogen-bond donors (Lipinski definition) is 1. The van der Waals surface area contributed by atoms with Crippen molar-refractivity contribution in [1.29, 1.82) is 0 Å². The third-order valence-corrected chi connectivity index (χ3v) is 3.58. The van der Waals surface area contributed by atoms with E-state index in [9.17, 15) is 0 Å². The molecule has 0 atom stereocenters. The van der Waals surface area contributed by atoms with Crippen LogP contribution in [0.25, 0.3) is 0 Å². The Balaban J connectivity index is 2.02. The van der Waals surface area contributed by atoms with Crippen LogP contribution in [0.3, 0.4) is 0 Å². The lowest BCUT2D eigenvalue weighted by molar-refractivity contribution is 1.32. The number of rotatable bonds is 4. The van der Waals surface area contributed by atoms with Gasteiger partial charge in [0.05, 0.1) is 9.98 Å². The molecule has 2 aromatic rings. The fraction of sp³-hybridized carbons (Fsp3) is 0.167. The van der Waals surface area contributed by atoms with Crippen molar-refractivity contribution in [3.05, 3.63) is 39.8 Å². The highest BCUT2D eigenvalue weighted by molar-refractivity contribution is 9.11. The first-order chi connectivity index (χ1) is 8.28. The number of aliphatic imine (C=N–C) groups is 1. The van der Waals surface area contributed by atoms with Crippen LogP contribution in [-0.4, -0.2) is 18.2 Å². The summed E-state index contributed by atoms with van der Waals surface area (Å²) in [5.74, 6) is 0. The molecule has 88 valence electrons. The zero-order valence-electron chi connectivity index (χ0n) is 9.35. The Bertz CT molecular complexity index is 505. The molecular formula is C12H12BrN3S. The summed E-state index contributed by atoms with van der Waals surface area (Å²) in [7, 11) is 1.79. The maximum atomic E-state index is 4.22. The number of aromatic nitrogens is 1. The van der Waals surface area contributed by atoms with Crippen LogP contribution in [0.4, 0.5) is 10.8 Å². The molecule has 17 heavy (non-hydrogen) atoms. The molecular weight excluding hydrogens is 298 g/mol. The predicted octanol–water partition coefficient (Wildman–Crippen LogP) is 3.89. The molecule has 0 unspecified atom stereocenters. The van der Waals surface area contributed by atoms with E-state index in [1.807, 2.05) is 18.3 Å². The van der Waals surface area contributed by atoms with Crippen molar-refractivity contribution in [2.24, 2.45) is 4.99 Å². The van der Waals surface area contributed by atoms with Crippen molar-refractivity contribution in [1.82, 2.24) is 4.98 Å². The van der Waals surface area contributed by atoms with Crippen LogP contribution in [0.1, 0.15) is 5.56 Å². The van der Waals surface area contributed by atoms with Crippen molar-refractivity contribution in [2.75, 3.05) is 12.4 Å². The Morgan fingerprint density at radius 1 is 1.41 bits per heavy atom. The summed E-state index contributed by atoms with van der Waals surface area (Å²) in [5.41, 5.74) is 2.30. The lowest BCUT2D eigenvalue weighted by Crippen LogP contribution is -1.90. The second-order valence-electron chi connectivity index (χ2n) is 3.44. The first-order valence-electron chi connectivity index (χ1n) is 5.16. The molecule has 0 fully saturated rings. The molecule has 0 saturated heterocycles. The molecule has 2 rings (SSSR count). The van der Waals surface area contributed by atoms with Crippen LogP contribution in [0, 0.1) is 0 Å². The van der Waals surface area contributed by atoms with Gasteiger partial charge in [-0.15, -0.1) is 0 Å². The minimum Gasteiger partial charge on any atom is -0.332 e. The molecule has 3 nitrogen and oxygen atoms in total. The van der Waals surface area contributed by atoms with Crippen LogP contribution >= 0.6 is 27.3 Å². The lowest BCUT2D eigenvalue weighted by Gasteiger charge is -2.03. The van der Waals surface area contributed by atoms with Crippen LogP contribution in [-0.2, 0) is 6.42 Å². The summed E-state index contributed by atoms with van der Waals surface area (Å²) in [5, 5.41) is 4.14. The van der Waals surface area contributed by atoms with Crippen molar-refractivity contribution in [3.63, 3.8) is 0 Å². The molecule has 0 bridgehead atoms. The van der Waals surface area contributed by atoms with E-state index >= 15 is 0 Å². The molecule has 5 heteroatoms. The maximum Gasteiger partial charge on any atom is 0.188 e. The van der Waals surface area contributed by atoms with Gasteiger partial charge in [0.15, 0.2) is 5.13 Å². The van der Waals surface area contributed by atoms with Crippen molar-refractivity contribution in [3.8, 4) is 0 Å². The van der Waals surface area contributed by atoms with Crippen molar-refractivity contribution >= 4 is 44.3 Å². The Labute approximate surface area is 113 Å². The van der Waals surface area contributed by atoms with Gasteiger partial charge in [0.1, 0.15) is 0 Å². The Hall–Kier alpha value is -1.20. The molecule has 0 radical (unpaired) electrons. The molecule has 1 aromatic heterocycles. The highest BCUT2D eigenvalue weighted by Gasteiger charge is 1.99. The highest BCUT2D eigenvalue weighted by Crippen LogP contribution is 2.26. The van der Waals surface area contributed by atoms with Crippen molar-refractivity contribution in [2.45, 2.75) is 6.42 Å². The van der Waals surface area contributed by atoms with E-state index in [1.165, 1.54) is 5.56 Å². The topological polar surface area (TPSA) is 37.3 Å². The van der Waals surface area contributed by atoms with Gasteiger partial charge in [0, 0.05) is 25.4 Å². The van der Waals surface area contributed by atoms with E-state index in [4.69, 9.17) is 0 Å². The smallest absolute Gasteiger partial charge is 0.188 e. The van der Waals surface area contributed by atoms with Gasteiger partial charge in [-0.05, 0) is 33.6 Å². The molecule has 0 aliphatic rings. The first kappa shape index (κ1) is 12.3. The van der Waals surface area contributed by atoms with Gasteiger partial charge < -0.3 is 10.3 Å². The number of nitrogens with zero attached hydrogens (tertiary/aromatic N) is 2. The molecule has 1 aromatic carbocycles. The zero-order chi connectivity index (χ0) is 12.1. The molecule has 0 spiro atoms. The van der Waals surface area contributed by atoms with Crippen molar-refractivity contribution < 1.29 is 0 Å². The van der Waals surface area contributed by atoms with E-state index in [-0.39, 0.29) is 0 Å². The average Bonchev–Trinajstić information content (AvgIpc) is 2.74. The minimum absolute atomic E-state index is 0.875. The Morgan fingerprint density at radius 3 is 2.76 bits per heavy atom. The predicted molar refractivity (Wildman–Crippen MR) is 77.7 cm³/mol. The fourth-order valence-electron chi connectivity index (χ4n) is 1.36. The molecule has 0 saturated carbocycles. The van der Waals surface area contributed by atoms with E-state index in [1.54, 1.807) is 24.6 Å². The van der Waals surface area contributed by atoms with Gasteiger partial charge in [-0.25, -0.2) is 4.98 Å². The number of anilines is 2. The summed E-state index contributed by atoms with van der Waals surface area (Å²) in [4.78, 5) is 8.19. The van der Waals surface area contributed by atoms with Crippen LogP contribution in [0.2, 0.25) is 0 Å². The van der Waals surface area contributed by atoms with E-state index in [2.05, 4.69) is 43.4 Å². The average molecular weight is 310 g/mol. The Kier molecular flexibility index (Phi) is 4.28. The number of benzene rings is 1. The summed E-state index contributed by atoms with van der Waals surface area (Å²) >= 11 is 4.96. The molecule has 1 N–H and O–H groups in total. The number of thiazole rings is 1. The van der Waals surface area contributed by atoms with E-state index in [0.717, 1.165) is 21.0 Å². The number of hydrogen-bond acceptors (Lipinski definition) is 4. The van der Waals surface area contributed by atoms with Gasteiger partial charge in [-0.1, -0.05) is 23.5 Å². The molecule has 1 heterocycles. The minimum atomic E-state index is 0.875. The van der Waals surface area contributed by atoms with Crippen LogP contribution < -0.4 is 5.32 Å². The van der Waals surface area contributed by atoms with Gasteiger partial charge in [-0.3, -0.25) is 0 Å². The largest absolute Gasteiger partial charge is 0.332 e. The van der Waals surface area contributed by atoms with Gasteiger partial charge in [0.25, 0.3) is 0 Å². The Morgan fingerprint density at radius 2 is 2.18 bits per heavy atom. The molecule has 0 aliphatic heterocycles. The second-order valence-corrected chi connectivity index (χ2v) is 5.85. The summed E-state index contributed by atoms with van der Waals surface area (Å²) in [6, 6.07) is 8.28. The molecule has 0 amide bonds. The third kappa shape index (κ3) is 3.64. The van der Waals surface area contributed by atoms with Gasteiger partial charge in [0.2, 0.25) is 0 Å². The monoisotopic (exact) mass is 309 g/mol. The standard InChI is InChI=1S/C12H12BrN3S/c1-14-7-6-9-2-4-10(5-3-9)16-12-15-8-11(13)17-12/h2-5,7-8H,6H2,1H3,(H,15,16). The third-order valence-electron chi connectivity index (χ3n) is 2.19. The summed E-state index contributed by atoms with van der Waals surface area (Å²) in [6.45, 7) is 0. The van der Waals surface area contributed by atoms with Crippen LogP contribution in [0.15, 0.2) is 39.2 Å². The van der Waals surface area contributed by atoms with Crippen LogP contribution in [0.5, 0.6) is 0 Å². The number of nitrogens with one attached hydrogen (secondary N) is 1. The normalized spacial score (nSPS) is 10.9. The molecule has 0 aliphatic carbocycles. The fourth-order valence-corrected chi connectivity index (χ4v) is 2.48. The zero-order valence-corrected chi connectivity index (χ0v) is 11.8. The van der Waals surface area contributed by atoms with E-state index in [0.29, 0.717) is 0 Å². The lowest BCUT2D eigenvalue weighted by atomic mass is 10.1. The van der Waals surface area contributed by atoms with Gasteiger partial charge in [-0.2, -0.15) is 0 Å². The maximum absolute atomic E-state index is 4.22. The first-order valence-corrected chi connectivity index (χ1v) is 6.77. The van der Waals surface area contributed by atoms with Gasteiger partial charge >= 0.3 is 0 Å². The quantitative estimate of drug-likeness (QED) is 0.870. The SMILES string of the molecule is CN=CCc1ccc(Nc2ncc(Br)s2)cc1. The number of halogens is 1. The summed E-state index contributed by atoms with van der Waals surface area (Å²) < 4.78 is 1.02.